The van der Waals surface area contributed by atoms with Crippen LogP contribution in [0.5, 0.6) is 0 Å². The number of likely N-dealkylation sites (tertiary alicyclic amines) is 1. The highest BCUT2D eigenvalue weighted by Gasteiger charge is 2.27. The molecule has 10 nitrogen and oxygen atoms in total. The maximum absolute atomic E-state index is 11.6. The molecule has 4 rings (SSSR count). The van der Waals surface area contributed by atoms with E-state index in [0.717, 1.165) is 55.5 Å². The molecule has 2 heterocycles. The first-order valence-electron chi connectivity index (χ1n) is 16.9. The smallest absolute Gasteiger partial charge is 0.305 e. The number of unbranched alkanes of at least 4 members (excludes halogenated alkanes) is 1. The molecule has 3 aromatic rings. The third-order valence-electron chi connectivity index (χ3n) is 7.71. The lowest BCUT2D eigenvalue weighted by molar-refractivity contribution is -0.143. The highest BCUT2D eigenvalue weighted by molar-refractivity contribution is 7.13. The molecule has 1 unspecified atom stereocenters. The molecular formula is C38H54N4O6S. The first-order chi connectivity index (χ1) is 23.2. The van der Waals surface area contributed by atoms with E-state index in [1.807, 2.05) is 62.7 Å². The number of benzene rings is 2. The Balaban J connectivity index is 0.000000259. The lowest BCUT2D eigenvalue weighted by Gasteiger charge is -2.22. The molecule has 268 valence electrons. The van der Waals surface area contributed by atoms with Gasteiger partial charge in [0.25, 0.3) is 0 Å². The molecule has 1 fully saturated rings. The SMILES string of the molecule is CC(C)(C)CC(=O)N1CCC(O)C1.CCOC(=O)CCCCc1cccc(CC(N)=O)c1.Cc1ncsc1-c1ccc([C@H](C)NC=O)cc1. The van der Waals surface area contributed by atoms with E-state index in [4.69, 9.17) is 10.5 Å². The summed E-state index contributed by atoms with van der Waals surface area (Å²) in [5.41, 5.74) is 12.5. The second kappa shape index (κ2) is 21.1. The van der Waals surface area contributed by atoms with Gasteiger partial charge in [-0.3, -0.25) is 19.2 Å². The summed E-state index contributed by atoms with van der Waals surface area (Å²) in [7, 11) is 0. The summed E-state index contributed by atoms with van der Waals surface area (Å²) in [6.07, 6.45) is 5.11. The van der Waals surface area contributed by atoms with E-state index in [1.54, 1.807) is 16.2 Å². The fourth-order valence-electron chi connectivity index (χ4n) is 5.16. The average molecular weight is 695 g/mol. The van der Waals surface area contributed by atoms with Crippen molar-refractivity contribution in [1.82, 2.24) is 15.2 Å². The molecule has 0 radical (unpaired) electrons. The van der Waals surface area contributed by atoms with Crippen molar-refractivity contribution in [3.05, 3.63) is 76.4 Å². The van der Waals surface area contributed by atoms with Gasteiger partial charge in [-0.05, 0) is 74.1 Å². The van der Waals surface area contributed by atoms with Crippen molar-refractivity contribution in [2.24, 2.45) is 11.1 Å². The first kappa shape index (κ1) is 41.1. The number of hydrogen-bond acceptors (Lipinski definition) is 8. The van der Waals surface area contributed by atoms with E-state index in [2.05, 4.69) is 43.2 Å². The molecule has 4 N–H and O–H groups in total. The summed E-state index contributed by atoms with van der Waals surface area (Å²) in [4.78, 5) is 51.2. The predicted molar refractivity (Wildman–Crippen MR) is 195 cm³/mol. The highest BCUT2D eigenvalue weighted by atomic mass is 32.1. The fourth-order valence-corrected chi connectivity index (χ4v) is 5.97. The predicted octanol–water partition coefficient (Wildman–Crippen LogP) is 5.93. The van der Waals surface area contributed by atoms with Gasteiger partial charge in [0.2, 0.25) is 18.2 Å². The molecule has 1 aliphatic rings. The van der Waals surface area contributed by atoms with Crippen molar-refractivity contribution >= 4 is 35.5 Å². The summed E-state index contributed by atoms with van der Waals surface area (Å²) < 4.78 is 4.87. The molecule has 1 aliphatic heterocycles. The minimum atomic E-state index is -0.320. The number of primary amides is 1. The van der Waals surface area contributed by atoms with Gasteiger partial charge >= 0.3 is 5.97 Å². The number of ether oxygens (including phenoxy) is 1. The third-order valence-corrected chi connectivity index (χ3v) is 8.68. The number of aliphatic hydroxyl groups excluding tert-OH is 1. The Bertz CT molecular complexity index is 1470. The van der Waals surface area contributed by atoms with Crippen molar-refractivity contribution in [2.75, 3.05) is 19.7 Å². The Labute approximate surface area is 295 Å². The number of aromatic nitrogens is 1. The Morgan fingerprint density at radius 2 is 1.84 bits per heavy atom. The van der Waals surface area contributed by atoms with E-state index in [9.17, 15) is 24.3 Å². The molecule has 1 aromatic heterocycles. The van der Waals surface area contributed by atoms with Crippen LogP contribution in [0.15, 0.2) is 54.0 Å². The van der Waals surface area contributed by atoms with Gasteiger partial charge in [0.05, 0.1) is 41.3 Å². The zero-order chi connectivity index (χ0) is 36.4. The van der Waals surface area contributed by atoms with Gasteiger partial charge in [0, 0.05) is 25.9 Å². The van der Waals surface area contributed by atoms with Crippen molar-refractivity contribution in [3.8, 4) is 10.4 Å². The van der Waals surface area contributed by atoms with Crippen LogP contribution in [0.3, 0.4) is 0 Å². The molecule has 0 spiro atoms. The number of amides is 3. The van der Waals surface area contributed by atoms with E-state index in [1.165, 1.54) is 16.0 Å². The molecule has 0 aliphatic carbocycles. The molecule has 49 heavy (non-hydrogen) atoms. The Kier molecular flexibility index (Phi) is 17.7. The number of nitrogens with zero attached hydrogens (tertiary/aromatic N) is 2. The second-order valence-corrected chi connectivity index (χ2v) is 14.2. The van der Waals surface area contributed by atoms with Crippen molar-refractivity contribution in [2.45, 2.75) is 98.6 Å². The molecule has 2 atom stereocenters. The van der Waals surface area contributed by atoms with Gasteiger partial charge in [-0.25, -0.2) is 4.98 Å². The van der Waals surface area contributed by atoms with E-state index >= 15 is 0 Å². The van der Waals surface area contributed by atoms with Crippen LogP contribution in [0.4, 0.5) is 0 Å². The number of hydrogen-bond donors (Lipinski definition) is 3. The largest absolute Gasteiger partial charge is 0.466 e. The van der Waals surface area contributed by atoms with Crippen LogP contribution in [0.25, 0.3) is 10.4 Å². The molecule has 3 amide bonds. The van der Waals surface area contributed by atoms with Crippen LogP contribution in [0.2, 0.25) is 0 Å². The van der Waals surface area contributed by atoms with Crippen LogP contribution in [0, 0.1) is 12.3 Å². The van der Waals surface area contributed by atoms with Crippen molar-refractivity contribution in [3.63, 3.8) is 0 Å². The first-order valence-corrected chi connectivity index (χ1v) is 17.8. The molecule has 11 heteroatoms. The number of esters is 1. The van der Waals surface area contributed by atoms with Crippen LogP contribution in [-0.4, -0.2) is 65.0 Å². The molecule has 2 aromatic carbocycles. The average Bonchev–Trinajstić information content (AvgIpc) is 3.67. The molecule has 0 saturated carbocycles. The number of carbonyl (C=O) groups is 4. The maximum Gasteiger partial charge on any atom is 0.305 e. The molecule has 1 saturated heterocycles. The van der Waals surface area contributed by atoms with Crippen molar-refractivity contribution < 1.29 is 29.0 Å². The summed E-state index contributed by atoms with van der Waals surface area (Å²) in [6.45, 7) is 13.6. The topological polar surface area (TPSA) is 152 Å². The number of β-amino-alcohol motifs (C(OH)–C–C–N with tert-alkyl or cyclic N) is 1. The lowest BCUT2D eigenvalue weighted by Crippen LogP contribution is -2.32. The summed E-state index contributed by atoms with van der Waals surface area (Å²) in [5.74, 6) is -0.284. The molecular weight excluding hydrogens is 641 g/mol. The van der Waals surface area contributed by atoms with Gasteiger partial charge in [-0.15, -0.1) is 11.3 Å². The lowest BCUT2D eigenvalue weighted by atomic mass is 9.92. The van der Waals surface area contributed by atoms with Gasteiger partial charge in [0.15, 0.2) is 0 Å². The number of aryl methyl sites for hydroxylation is 2. The number of nitrogens with one attached hydrogen (secondary N) is 1. The van der Waals surface area contributed by atoms with Gasteiger partial charge in [-0.1, -0.05) is 69.3 Å². The number of thiazole rings is 1. The fraction of sp³-hybridized carbons (Fsp3) is 0.500. The van der Waals surface area contributed by atoms with Gasteiger partial charge < -0.3 is 25.8 Å². The van der Waals surface area contributed by atoms with Crippen LogP contribution < -0.4 is 11.1 Å². The van der Waals surface area contributed by atoms with E-state index < -0.39 is 0 Å². The molecule has 0 bridgehead atoms. The maximum atomic E-state index is 11.6. The van der Waals surface area contributed by atoms with E-state index in [0.29, 0.717) is 26.0 Å². The van der Waals surface area contributed by atoms with Crippen LogP contribution in [0.1, 0.15) is 95.1 Å². The second-order valence-electron chi connectivity index (χ2n) is 13.4. The van der Waals surface area contributed by atoms with Crippen LogP contribution >= 0.6 is 11.3 Å². The zero-order valence-electron chi connectivity index (χ0n) is 29.9. The highest BCUT2D eigenvalue weighted by Crippen LogP contribution is 2.28. The Hall–Kier alpha value is -4.09. The summed E-state index contributed by atoms with van der Waals surface area (Å²) in [6, 6.07) is 16.1. The van der Waals surface area contributed by atoms with Gasteiger partial charge in [-0.2, -0.15) is 0 Å². The number of nitrogens with two attached hydrogens (primary N) is 1. The monoisotopic (exact) mass is 694 g/mol. The third kappa shape index (κ3) is 16.2. The van der Waals surface area contributed by atoms with Crippen LogP contribution in [-0.2, 0) is 36.8 Å². The van der Waals surface area contributed by atoms with Gasteiger partial charge in [0.1, 0.15) is 0 Å². The Morgan fingerprint density at radius 1 is 1.14 bits per heavy atom. The quantitative estimate of drug-likeness (QED) is 0.114. The standard InChI is InChI=1S/C15H21NO3.C13H14N2OS.C10H19NO2/c1-2-19-15(18)9-4-3-6-12-7-5-8-13(10-12)11-14(16)17;1-9(14-7-16)11-3-5-12(6-4-11)13-10(2)15-8-17-13;1-10(2,3)6-9(13)11-5-4-8(12)7-11/h5,7-8,10H,2-4,6,9,11H2,1H3,(H2,16,17);3-9H,1-2H3,(H,14,16);8,12H,4-7H2,1-3H3/t;9-;/m.0./s1. The van der Waals surface area contributed by atoms with Crippen molar-refractivity contribution in [1.29, 1.82) is 0 Å². The van der Waals surface area contributed by atoms with E-state index in [-0.39, 0.29) is 41.8 Å². The number of aliphatic hydroxyl groups is 1. The normalized spacial score (nSPS) is 14.4. The zero-order valence-corrected chi connectivity index (χ0v) is 30.7. The number of carbonyl (C=O) groups excluding carboxylic acids is 4. The summed E-state index contributed by atoms with van der Waals surface area (Å²) >= 11 is 1.64. The summed E-state index contributed by atoms with van der Waals surface area (Å²) in [5, 5.41) is 12.0. The minimum Gasteiger partial charge on any atom is -0.466 e. The minimum absolute atomic E-state index is 0.0455. The number of rotatable bonds is 13. The Morgan fingerprint density at radius 3 is 2.39 bits per heavy atom.